The molecule has 8 heteroatoms. The van der Waals surface area contributed by atoms with Crippen LogP contribution in [0.3, 0.4) is 0 Å². The molecule has 1 atom stereocenters. The zero-order chi connectivity index (χ0) is 26.5. The van der Waals surface area contributed by atoms with Crippen LogP contribution in [0.4, 0.5) is 0 Å². The van der Waals surface area contributed by atoms with Gasteiger partial charge in [-0.25, -0.2) is 9.78 Å². The number of pyridine rings is 1. The summed E-state index contributed by atoms with van der Waals surface area (Å²) in [6.45, 7) is 4.32. The maximum Gasteiger partial charge on any atom is 0.335 e. The Labute approximate surface area is 225 Å². The van der Waals surface area contributed by atoms with E-state index in [9.17, 15) is 9.59 Å². The van der Waals surface area contributed by atoms with Crippen LogP contribution in [0.2, 0.25) is 10.0 Å². The molecule has 37 heavy (non-hydrogen) atoms. The van der Waals surface area contributed by atoms with Gasteiger partial charge in [-0.15, -0.1) is 0 Å². The lowest BCUT2D eigenvalue weighted by Crippen LogP contribution is -2.24. The number of nitrogens with zero attached hydrogens (tertiary/aromatic N) is 1. The fourth-order valence-electron chi connectivity index (χ4n) is 4.04. The van der Waals surface area contributed by atoms with E-state index in [2.05, 4.69) is 10.3 Å². The minimum absolute atomic E-state index is 0.143. The van der Waals surface area contributed by atoms with Crippen molar-refractivity contribution in [3.8, 4) is 5.75 Å². The molecule has 0 spiro atoms. The summed E-state index contributed by atoms with van der Waals surface area (Å²) in [7, 11) is 0. The SMILES string of the molecule is Cc1ccc2cccc(OCc3c(Cl)ccc(C(C)CC(=O)NCc4ccc(C(=O)O)cc4)c3Cl)c2n1. The monoisotopic (exact) mass is 536 g/mol. The van der Waals surface area contributed by atoms with Crippen molar-refractivity contribution in [2.24, 2.45) is 0 Å². The summed E-state index contributed by atoms with van der Waals surface area (Å²) >= 11 is 13.2. The molecule has 0 aliphatic rings. The first-order valence-electron chi connectivity index (χ1n) is 11.8. The van der Waals surface area contributed by atoms with Crippen molar-refractivity contribution < 1.29 is 19.4 Å². The van der Waals surface area contributed by atoms with Crippen LogP contribution in [0.15, 0.2) is 66.7 Å². The smallest absolute Gasteiger partial charge is 0.335 e. The van der Waals surface area contributed by atoms with Gasteiger partial charge >= 0.3 is 5.97 Å². The summed E-state index contributed by atoms with van der Waals surface area (Å²) in [6.07, 6.45) is 0.224. The maximum absolute atomic E-state index is 12.6. The Morgan fingerprint density at radius 1 is 1.03 bits per heavy atom. The molecule has 0 aliphatic heterocycles. The van der Waals surface area contributed by atoms with Gasteiger partial charge in [-0.2, -0.15) is 0 Å². The molecule has 4 rings (SSSR count). The molecular weight excluding hydrogens is 511 g/mol. The van der Waals surface area contributed by atoms with Crippen LogP contribution < -0.4 is 10.1 Å². The number of aromatic nitrogens is 1. The van der Waals surface area contributed by atoms with Gasteiger partial charge in [-0.3, -0.25) is 4.79 Å². The fraction of sp³-hybridized carbons (Fsp3) is 0.207. The van der Waals surface area contributed by atoms with Gasteiger partial charge in [0, 0.05) is 34.6 Å². The zero-order valence-electron chi connectivity index (χ0n) is 20.4. The van der Waals surface area contributed by atoms with Gasteiger partial charge in [-0.1, -0.05) is 66.5 Å². The van der Waals surface area contributed by atoms with E-state index in [0.29, 0.717) is 27.9 Å². The Hall–Kier alpha value is -3.61. The number of aromatic carboxylic acids is 1. The Balaban J connectivity index is 1.42. The Morgan fingerprint density at radius 2 is 1.78 bits per heavy atom. The van der Waals surface area contributed by atoms with Crippen molar-refractivity contribution in [2.75, 3.05) is 0 Å². The molecule has 1 heterocycles. The van der Waals surface area contributed by atoms with Gasteiger partial charge in [-0.05, 0) is 54.3 Å². The number of benzene rings is 3. The third-order valence-corrected chi connectivity index (χ3v) is 6.92. The summed E-state index contributed by atoms with van der Waals surface area (Å²) < 4.78 is 6.10. The van der Waals surface area contributed by atoms with Crippen molar-refractivity contribution in [2.45, 2.75) is 39.3 Å². The third kappa shape index (κ3) is 6.40. The van der Waals surface area contributed by atoms with Crippen LogP contribution in [0.5, 0.6) is 5.75 Å². The molecule has 190 valence electrons. The highest BCUT2D eigenvalue weighted by Gasteiger charge is 2.19. The van der Waals surface area contributed by atoms with Crippen molar-refractivity contribution in [1.82, 2.24) is 10.3 Å². The van der Waals surface area contributed by atoms with Gasteiger partial charge in [0.2, 0.25) is 5.91 Å². The lowest BCUT2D eigenvalue weighted by molar-refractivity contribution is -0.121. The number of aryl methyl sites for hydroxylation is 1. The second kappa shape index (κ2) is 11.6. The number of carboxylic acid groups (broad SMARTS) is 1. The van der Waals surface area contributed by atoms with Crippen molar-refractivity contribution in [3.63, 3.8) is 0 Å². The number of ether oxygens (including phenoxy) is 1. The number of carboxylic acids is 1. The number of fused-ring (bicyclic) bond motifs is 1. The second-order valence-electron chi connectivity index (χ2n) is 8.88. The van der Waals surface area contributed by atoms with E-state index in [4.69, 9.17) is 33.0 Å². The first-order chi connectivity index (χ1) is 17.7. The number of carbonyl (C=O) groups is 2. The summed E-state index contributed by atoms with van der Waals surface area (Å²) in [6, 6.07) is 19.7. The normalized spacial score (nSPS) is 11.8. The van der Waals surface area contributed by atoms with Crippen molar-refractivity contribution in [3.05, 3.63) is 105 Å². The molecule has 1 amide bonds. The number of para-hydroxylation sites is 1. The summed E-state index contributed by atoms with van der Waals surface area (Å²) in [5, 5.41) is 13.8. The largest absolute Gasteiger partial charge is 0.487 e. The number of amides is 1. The van der Waals surface area contributed by atoms with E-state index in [0.717, 1.165) is 27.7 Å². The molecule has 0 saturated heterocycles. The van der Waals surface area contributed by atoms with Gasteiger partial charge < -0.3 is 15.2 Å². The molecule has 0 fully saturated rings. The van der Waals surface area contributed by atoms with E-state index in [1.54, 1.807) is 18.2 Å². The van der Waals surface area contributed by atoms with Gasteiger partial charge in [0.05, 0.1) is 10.6 Å². The third-order valence-electron chi connectivity index (χ3n) is 6.12. The van der Waals surface area contributed by atoms with Crippen LogP contribution in [0.1, 0.15) is 52.0 Å². The van der Waals surface area contributed by atoms with E-state index in [-0.39, 0.29) is 30.4 Å². The van der Waals surface area contributed by atoms with Crippen LogP contribution in [-0.4, -0.2) is 22.0 Å². The highest BCUT2D eigenvalue weighted by Crippen LogP contribution is 2.35. The average Bonchev–Trinajstić information content (AvgIpc) is 2.87. The van der Waals surface area contributed by atoms with E-state index >= 15 is 0 Å². The Kier molecular flexibility index (Phi) is 8.31. The summed E-state index contributed by atoms with van der Waals surface area (Å²) in [5.41, 5.74) is 4.13. The van der Waals surface area contributed by atoms with E-state index in [1.165, 1.54) is 12.1 Å². The second-order valence-corrected chi connectivity index (χ2v) is 9.67. The number of halogens is 2. The molecule has 6 nitrogen and oxygen atoms in total. The van der Waals surface area contributed by atoms with Gasteiger partial charge in [0.25, 0.3) is 0 Å². The molecule has 0 radical (unpaired) electrons. The predicted octanol–water partition coefficient (Wildman–Crippen LogP) is 6.94. The molecule has 3 aromatic carbocycles. The maximum atomic E-state index is 12.6. The Morgan fingerprint density at radius 3 is 2.51 bits per heavy atom. The van der Waals surface area contributed by atoms with Crippen LogP contribution >= 0.6 is 23.2 Å². The number of carbonyl (C=O) groups excluding carboxylic acids is 1. The van der Waals surface area contributed by atoms with E-state index in [1.807, 2.05) is 50.2 Å². The standard InChI is InChI=1S/C29H26Cl2N2O4/c1-17(14-26(34)32-15-19-7-10-21(11-8-19)29(35)36)22-12-13-24(30)23(27(22)31)16-37-25-5-3-4-20-9-6-18(2)33-28(20)25/h3-13,17H,14-16H2,1-2H3,(H,32,34)(H,35,36). The highest BCUT2D eigenvalue weighted by atomic mass is 35.5. The minimum atomic E-state index is -0.988. The van der Waals surface area contributed by atoms with Crippen LogP contribution in [0.25, 0.3) is 10.9 Å². The predicted molar refractivity (Wildman–Crippen MR) is 146 cm³/mol. The lowest BCUT2D eigenvalue weighted by atomic mass is 9.95. The van der Waals surface area contributed by atoms with Crippen molar-refractivity contribution in [1.29, 1.82) is 0 Å². The number of nitrogens with one attached hydrogen (secondary N) is 1. The highest BCUT2D eigenvalue weighted by molar-refractivity contribution is 6.36. The average molecular weight is 537 g/mol. The Bertz CT molecular complexity index is 1450. The fourth-order valence-corrected chi connectivity index (χ4v) is 4.70. The summed E-state index contributed by atoms with van der Waals surface area (Å²) in [4.78, 5) is 28.2. The molecule has 1 aromatic heterocycles. The minimum Gasteiger partial charge on any atom is -0.487 e. The molecule has 4 aromatic rings. The van der Waals surface area contributed by atoms with Gasteiger partial charge in [0.1, 0.15) is 17.9 Å². The number of hydrogen-bond acceptors (Lipinski definition) is 4. The topological polar surface area (TPSA) is 88.5 Å². The number of hydrogen-bond donors (Lipinski definition) is 2. The molecule has 0 aliphatic carbocycles. The van der Waals surface area contributed by atoms with Crippen LogP contribution in [0, 0.1) is 6.92 Å². The lowest BCUT2D eigenvalue weighted by Gasteiger charge is -2.18. The van der Waals surface area contributed by atoms with Gasteiger partial charge in [0.15, 0.2) is 0 Å². The van der Waals surface area contributed by atoms with E-state index < -0.39 is 5.97 Å². The molecule has 0 bridgehead atoms. The number of rotatable bonds is 9. The first kappa shape index (κ1) is 26.5. The summed E-state index contributed by atoms with van der Waals surface area (Å²) in [5.74, 6) is -0.656. The molecule has 2 N–H and O–H groups in total. The molecule has 0 saturated carbocycles. The first-order valence-corrected chi connectivity index (χ1v) is 12.5. The molecular formula is C29H26Cl2N2O4. The van der Waals surface area contributed by atoms with Crippen LogP contribution in [-0.2, 0) is 17.9 Å². The zero-order valence-corrected chi connectivity index (χ0v) is 21.9. The quantitative estimate of drug-likeness (QED) is 0.242. The van der Waals surface area contributed by atoms with Crippen molar-refractivity contribution >= 4 is 46.0 Å². The molecule has 1 unspecified atom stereocenters.